The number of benzene rings is 1. The Morgan fingerprint density at radius 3 is 2.55 bits per heavy atom. The highest BCUT2D eigenvalue weighted by Gasteiger charge is 2.61. The number of hydrogen-bond donors (Lipinski definition) is 1. The molecule has 0 amide bonds. The predicted octanol–water partition coefficient (Wildman–Crippen LogP) is 5.19. The van der Waals surface area contributed by atoms with E-state index in [0.29, 0.717) is 10.8 Å². The lowest BCUT2D eigenvalue weighted by Gasteiger charge is -2.66. The van der Waals surface area contributed by atoms with E-state index < -0.39 is 0 Å². The maximum absolute atomic E-state index is 6.93. The maximum atomic E-state index is 6.93. The molecule has 0 spiro atoms. The van der Waals surface area contributed by atoms with Crippen LogP contribution in [-0.2, 0) is 5.41 Å². The van der Waals surface area contributed by atoms with Crippen LogP contribution in [0.25, 0.3) is 0 Å². The Hall–Kier alpha value is -0.820. The van der Waals surface area contributed by atoms with Gasteiger partial charge in [-0.15, -0.1) is 0 Å². The fraction of sp³-hybridized carbons (Fsp3) is 0.714. The molecule has 4 aliphatic rings. The van der Waals surface area contributed by atoms with Crippen LogP contribution in [0.4, 0.5) is 0 Å². The Labute approximate surface area is 135 Å². The lowest BCUT2D eigenvalue weighted by molar-refractivity contribution is -0.0901. The predicted molar refractivity (Wildman–Crippen MR) is 92.8 cm³/mol. The first-order valence-corrected chi connectivity index (χ1v) is 9.42. The highest BCUT2D eigenvalue weighted by atomic mass is 14.8. The highest BCUT2D eigenvalue weighted by Crippen LogP contribution is 2.67. The number of rotatable bonds is 5. The minimum atomic E-state index is 0.126. The Balaban J connectivity index is 1.67. The van der Waals surface area contributed by atoms with Crippen LogP contribution in [0.5, 0.6) is 0 Å². The fourth-order valence-corrected chi connectivity index (χ4v) is 6.86. The van der Waals surface area contributed by atoms with Gasteiger partial charge in [0, 0.05) is 5.54 Å². The third-order valence-corrected chi connectivity index (χ3v) is 6.92. The molecule has 0 heterocycles. The van der Waals surface area contributed by atoms with E-state index in [1.54, 1.807) is 5.56 Å². The third-order valence-electron chi connectivity index (χ3n) is 6.92. The number of unbranched alkanes of at least 4 members (excludes halogenated alkanes) is 2. The summed E-state index contributed by atoms with van der Waals surface area (Å²) in [7, 11) is 0. The molecule has 5 rings (SSSR count). The van der Waals surface area contributed by atoms with Gasteiger partial charge in [-0.3, -0.25) is 0 Å². The van der Waals surface area contributed by atoms with Crippen molar-refractivity contribution in [2.75, 3.05) is 0 Å². The van der Waals surface area contributed by atoms with Crippen LogP contribution >= 0.6 is 0 Å². The normalized spacial score (nSPS) is 42.7. The largest absolute Gasteiger partial charge is 0.325 e. The van der Waals surface area contributed by atoms with Crippen LogP contribution < -0.4 is 5.73 Å². The third kappa shape index (κ3) is 2.33. The molecule has 2 N–H and O–H groups in total. The molecule has 1 heteroatoms. The molecule has 0 aliphatic heterocycles. The van der Waals surface area contributed by atoms with Gasteiger partial charge in [0.1, 0.15) is 0 Å². The molecule has 1 aromatic carbocycles. The van der Waals surface area contributed by atoms with Crippen LogP contribution in [-0.4, -0.2) is 5.54 Å². The van der Waals surface area contributed by atoms with Crippen molar-refractivity contribution in [3.8, 4) is 0 Å². The second-order valence-corrected chi connectivity index (χ2v) is 8.97. The van der Waals surface area contributed by atoms with Gasteiger partial charge >= 0.3 is 0 Å². The van der Waals surface area contributed by atoms with Gasteiger partial charge < -0.3 is 5.73 Å². The van der Waals surface area contributed by atoms with Crippen molar-refractivity contribution >= 4 is 0 Å². The van der Waals surface area contributed by atoms with Crippen molar-refractivity contribution in [3.05, 3.63) is 35.9 Å². The summed E-state index contributed by atoms with van der Waals surface area (Å²) in [6.45, 7) is 2.32. The number of nitrogens with two attached hydrogens (primary N) is 1. The molecule has 1 aromatic rings. The van der Waals surface area contributed by atoms with Crippen molar-refractivity contribution in [2.45, 2.75) is 82.1 Å². The van der Waals surface area contributed by atoms with Gasteiger partial charge in [-0.1, -0.05) is 56.5 Å². The van der Waals surface area contributed by atoms with Gasteiger partial charge in [-0.2, -0.15) is 0 Å². The molecule has 4 fully saturated rings. The molecule has 120 valence electrons. The molecule has 4 bridgehead atoms. The van der Waals surface area contributed by atoms with Crippen molar-refractivity contribution < 1.29 is 0 Å². The van der Waals surface area contributed by atoms with E-state index in [2.05, 4.69) is 37.3 Å². The van der Waals surface area contributed by atoms with Gasteiger partial charge in [-0.05, 0) is 67.3 Å². The van der Waals surface area contributed by atoms with Crippen molar-refractivity contribution in [2.24, 2.45) is 17.1 Å². The number of hydrogen-bond acceptors (Lipinski definition) is 1. The summed E-state index contributed by atoms with van der Waals surface area (Å²) in [4.78, 5) is 0. The topological polar surface area (TPSA) is 26.0 Å². The zero-order chi connectivity index (χ0) is 15.3. The van der Waals surface area contributed by atoms with E-state index in [-0.39, 0.29) is 5.54 Å². The van der Waals surface area contributed by atoms with Crippen LogP contribution in [0.3, 0.4) is 0 Å². The summed E-state index contributed by atoms with van der Waals surface area (Å²) in [5.41, 5.74) is 9.58. The molecule has 4 atom stereocenters. The molecule has 4 saturated carbocycles. The van der Waals surface area contributed by atoms with Gasteiger partial charge in [0.2, 0.25) is 0 Å². The van der Waals surface area contributed by atoms with Gasteiger partial charge in [0.15, 0.2) is 0 Å². The van der Waals surface area contributed by atoms with Gasteiger partial charge in [0.05, 0.1) is 0 Å². The molecule has 0 aromatic heterocycles. The van der Waals surface area contributed by atoms with Crippen molar-refractivity contribution in [3.63, 3.8) is 0 Å². The standard InChI is InChI=1S/C21H31N/c1-2-3-7-10-19-11-17-12-20(14-19,16-21(22,13-17)15-19)18-8-5-4-6-9-18/h4-6,8-9,17H,2-3,7,10-16,22H2,1H3. The van der Waals surface area contributed by atoms with Crippen LogP contribution in [0.1, 0.15) is 76.7 Å². The van der Waals surface area contributed by atoms with Gasteiger partial charge in [0.25, 0.3) is 0 Å². The summed E-state index contributed by atoms with van der Waals surface area (Å²) in [6, 6.07) is 11.3. The Morgan fingerprint density at radius 2 is 1.82 bits per heavy atom. The summed E-state index contributed by atoms with van der Waals surface area (Å²) >= 11 is 0. The molecule has 4 aliphatic carbocycles. The van der Waals surface area contributed by atoms with E-state index in [1.165, 1.54) is 64.2 Å². The average molecular weight is 297 g/mol. The highest BCUT2D eigenvalue weighted by molar-refractivity contribution is 5.32. The molecular weight excluding hydrogens is 266 g/mol. The minimum absolute atomic E-state index is 0.126. The maximum Gasteiger partial charge on any atom is 0.0170 e. The molecule has 1 nitrogen and oxygen atoms in total. The molecule has 0 saturated heterocycles. The first-order chi connectivity index (χ1) is 10.6. The lowest BCUT2D eigenvalue weighted by Crippen LogP contribution is -2.65. The Morgan fingerprint density at radius 1 is 1.00 bits per heavy atom. The van der Waals surface area contributed by atoms with Crippen LogP contribution in [0, 0.1) is 11.3 Å². The van der Waals surface area contributed by atoms with Crippen LogP contribution in [0.2, 0.25) is 0 Å². The van der Waals surface area contributed by atoms with E-state index >= 15 is 0 Å². The van der Waals surface area contributed by atoms with Crippen LogP contribution in [0.15, 0.2) is 30.3 Å². The van der Waals surface area contributed by atoms with E-state index in [0.717, 1.165) is 5.92 Å². The minimum Gasteiger partial charge on any atom is -0.325 e. The molecule has 0 radical (unpaired) electrons. The molecule has 4 unspecified atom stereocenters. The van der Waals surface area contributed by atoms with E-state index in [4.69, 9.17) is 5.73 Å². The first-order valence-electron chi connectivity index (χ1n) is 9.42. The smallest absolute Gasteiger partial charge is 0.0170 e. The molecular formula is C21H31N. The summed E-state index contributed by atoms with van der Waals surface area (Å²) in [6.07, 6.45) is 13.6. The van der Waals surface area contributed by atoms with E-state index in [9.17, 15) is 0 Å². The van der Waals surface area contributed by atoms with Crippen molar-refractivity contribution in [1.29, 1.82) is 0 Å². The summed E-state index contributed by atoms with van der Waals surface area (Å²) in [5.74, 6) is 0.878. The monoisotopic (exact) mass is 297 g/mol. The zero-order valence-corrected chi connectivity index (χ0v) is 14.1. The van der Waals surface area contributed by atoms with Crippen molar-refractivity contribution in [1.82, 2.24) is 0 Å². The fourth-order valence-electron chi connectivity index (χ4n) is 6.86. The second-order valence-electron chi connectivity index (χ2n) is 8.97. The Bertz CT molecular complexity index is 538. The first kappa shape index (κ1) is 14.8. The SMILES string of the molecule is CCCCCC12CC3CC(N)(C1)CC(c1ccccc1)(C3)C2. The lowest BCUT2D eigenvalue weighted by atomic mass is 9.40. The van der Waals surface area contributed by atoms with E-state index in [1.807, 2.05) is 0 Å². The second kappa shape index (κ2) is 5.09. The summed E-state index contributed by atoms with van der Waals surface area (Å²) < 4.78 is 0. The summed E-state index contributed by atoms with van der Waals surface area (Å²) in [5, 5.41) is 0. The molecule has 22 heavy (non-hydrogen) atoms. The average Bonchev–Trinajstić information content (AvgIpc) is 2.46. The quantitative estimate of drug-likeness (QED) is 0.744. The Kier molecular flexibility index (Phi) is 3.41. The van der Waals surface area contributed by atoms with Gasteiger partial charge in [-0.25, -0.2) is 0 Å². The zero-order valence-electron chi connectivity index (χ0n) is 14.1.